The summed E-state index contributed by atoms with van der Waals surface area (Å²) < 4.78 is 5.51. The average molecular weight is 887 g/mol. The Morgan fingerprint density at radius 1 is 0.723 bits per heavy atom. The monoisotopic (exact) mass is 886 g/mol. The maximum absolute atomic E-state index is 14.5. The van der Waals surface area contributed by atoms with Gasteiger partial charge in [-0.3, -0.25) is 28.8 Å². The molecule has 0 bridgehead atoms. The molecule has 0 radical (unpaired) electrons. The molecule has 7 amide bonds. The molecule has 342 valence electrons. The number of unbranched alkanes of at least 4 members (excludes halogenated alkanes) is 1. The van der Waals surface area contributed by atoms with Crippen molar-refractivity contribution in [1.82, 2.24) is 31.2 Å². The predicted octanol–water partition coefficient (Wildman–Crippen LogP) is 4.56. The minimum atomic E-state index is -1.55. The second-order valence-corrected chi connectivity index (χ2v) is 15.8. The summed E-state index contributed by atoms with van der Waals surface area (Å²) in [5.74, 6) is -4.26. The number of nitrogens with zero attached hydrogens (tertiary/aromatic N) is 1. The summed E-state index contributed by atoms with van der Waals surface area (Å²) in [4.78, 5) is 99.0. The number of nitrogens with one attached hydrogen (secondary N) is 6. The van der Waals surface area contributed by atoms with Crippen molar-refractivity contribution in [2.75, 3.05) is 18.9 Å². The van der Waals surface area contributed by atoms with Gasteiger partial charge in [-0.25, -0.2) is 4.79 Å². The van der Waals surface area contributed by atoms with E-state index in [9.17, 15) is 33.6 Å². The summed E-state index contributed by atoms with van der Waals surface area (Å²) in [7, 11) is 1.36. The fourth-order valence-electron chi connectivity index (χ4n) is 7.22. The Morgan fingerprint density at radius 2 is 1.35 bits per heavy atom. The number of urea groups is 1. The van der Waals surface area contributed by atoms with Crippen LogP contribution < -0.4 is 32.3 Å². The predicted molar refractivity (Wildman–Crippen MR) is 247 cm³/mol. The summed E-state index contributed by atoms with van der Waals surface area (Å²) in [5.41, 5.74) is 10.4. The van der Waals surface area contributed by atoms with E-state index in [-0.39, 0.29) is 44.7 Å². The fourth-order valence-corrected chi connectivity index (χ4v) is 7.22. The van der Waals surface area contributed by atoms with Gasteiger partial charge in [0.15, 0.2) is 0 Å². The number of carbonyl (C=O) groups is 7. The van der Waals surface area contributed by atoms with E-state index in [2.05, 4.69) is 31.6 Å². The Labute approximate surface area is 378 Å². The largest absolute Gasteiger partial charge is 0.461 e. The molecule has 16 nitrogen and oxygen atoms in total. The van der Waals surface area contributed by atoms with Gasteiger partial charge in [-0.2, -0.15) is 0 Å². The third kappa shape index (κ3) is 14.8. The number of H-pyrrole nitrogens is 1. The summed E-state index contributed by atoms with van der Waals surface area (Å²) >= 11 is 0. The Kier molecular flexibility index (Phi) is 18.2. The lowest BCUT2D eigenvalue weighted by atomic mass is 10.0. The molecule has 0 aliphatic rings. The zero-order chi connectivity index (χ0) is 46.7. The number of amides is 7. The highest BCUT2D eigenvalue weighted by molar-refractivity contribution is 5.97. The van der Waals surface area contributed by atoms with E-state index < -0.39 is 66.2 Å². The minimum absolute atomic E-state index is 0.0350. The van der Waals surface area contributed by atoms with Gasteiger partial charge >= 0.3 is 12.0 Å². The molecule has 65 heavy (non-hydrogen) atoms. The molecule has 0 unspecified atom stereocenters. The fraction of sp³-hybridized carbons (Fsp3) is 0.327. The molecule has 0 aliphatic carbocycles. The van der Waals surface area contributed by atoms with Crippen LogP contribution in [0.15, 0.2) is 115 Å². The van der Waals surface area contributed by atoms with Crippen molar-refractivity contribution in [3.8, 4) is 0 Å². The Morgan fingerprint density at radius 3 is 2.05 bits per heavy atom. The average Bonchev–Trinajstić information content (AvgIpc) is 3.72. The number of nitrogens with two attached hydrogens (primary N) is 1. The number of likely N-dealkylation sites (N-methyl/N-ethyl adjacent to an activating group) is 1. The van der Waals surface area contributed by atoms with Gasteiger partial charge in [0.25, 0.3) is 0 Å². The maximum Gasteiger partial charge on any atom is 0.319 e. The van der Waals surface area contributed by atoms with E-state index in [0.29, 0.717) is 24.1 Å². The molecule has 4 aromatic carbocycles. The molecule has 0 fully saturated rings. The van der Waals surface area contributed by atoms with Crippen LogP contribution in [0.4, 0.5) is 10.5 Å². The molecule has 16 heteroatoms. The molecule has 5 rings (SSSR count). The standard InChI is InChI=1S/C49H58N8O8/c1-4-43(58)53-40(28-35-30-52-38-24-14-12-22-36(35)38)47(62)54-39(25-15-16-26-51-49(64)56-37-23-13-11-17-32(37)2)46(61)55-41(29-44(59)65-31-34-20-9-6-10-21-34)48(63)57(3)42(45(50)60)27-33-18-7-5-8-19-33/h5-14,17-24,30,39-42,52H,4,15-16,25-29,31H2,1-3H3,(H2,50,60)(H,53,58)(H,54,62)(H,55,61)(H2,51,56,64)/t39-,40-,41-,42-/m0/s1. The van der Waals surface area contributed by atoms with Gasteiger partial charge < -0.3 is 46.9 Å². The van der Waals surface area contributed by atoms with Crippen molar-refractivity contribution in [2.45, 2.75) is 89.6 Å². The SMILES string of the molecule is CCC(=O)N[C@@H](Cc1c[nH]c2ccccc12)C(=O)N[C@@H](CCCCNC(=O)Nc1ccccc1C)C(=O)N[C@@H](CC(=O)OCc1ccccc1)C(=O)N(C)[C@@H](Cc1ccccc1)C(N)=O. The number of rotatable bonds is 23. The summed E-state index contributed by atoms with van der Waals surface area (Å²) in [6, 6.07) is 27.2. The number of carbonyl (C=O) groups excluding carboxylic acids is 7. The van der Waals surface area contributed by atoms with E-state index in [1.807, 2.05) is 61.5 Å². The van der Waals surface area contributed by atoms with Gasteiger partial charge in [0, 0.05) is 55.6 Å². The smallest absolute Gasteiger partial charge is 0.319 e. The highest BCUT2D eigenvalue weighted by Crippen LogP contribution is 2.20. The van der Waals surface area contributed by atoms with Gasteiger partial charge in [0.2, 0.25) is 29.5 Å². The van der Waals surface area contributed by atoms with Gasteiger partial charge in [-0.05, 0) is 60.6 Å². The van der Waals surface area contributed by atoms with E-state index in [4.69, 9.17) is 10.5 Å². The quantitative estimate of drug-likeness (QED) is 0.0362. The number of para-hydroxylation sites is 2. The van der Waals surface area contributed by atoms with Crippen LogP contribution in [-0.2, 0) is 53.0 Å². The van der Waals surface area contributed by atoms with Crippen LogP contribution in [0.1, 0.15) is 61.3 Å². The van der Waals surface area contributed by atoms with Crippen LogP contribution in [0.2, 0.25) is 0 Å². The number of anilines is 1. The van der Waals surface area contributed by atoms with Gasteiger partial charge in [-0.1, -0.05) is 104 Å². The van der Waals surface area contributed by atoms with E-state index in [1.165, 1.54) is 7.05 Å². The molecule has 8 N–H and O–H groups in total. The van der Waals surface area contributed by atoms with Gasteiger partial charge in [0.05, 0.1) is 6.42 Å². The molecule has 0 spiro atoms. The Hall–Kier alpha value is -7.49. The third-order valence-corrected chi connectivity index (χ3v) is 10.9. The van der Waals surface area contributed by atoms with Crippen LogP contribution in [0.3, 0.4) is 0 Å². The van der Waals surface area contributed by atoms with Crippen molar-refractivity contribution in [3.63, 3.8) is 0 Å². The van der Waals surface area contributed by atoms with Crippen molar-refractivity contribution >= 4 is 58.1 Å². The number of aromatic amines is 1. The number of hydrogen-bond acceptors (Lipinski definition) is 8. The summed E-state index contributed by atoms with van der Waals surface area (Å²) in [6.45, 7) is 3.66. The zero-order valence-electron chi connectivity index (χ0n) is 36.9. The van der Waals surface area contributed by atoms with Crippen LogP contribution >= 0.6 is 0 Å². The lowest BCUT2D eigenvalue weighted by molar-refractivity contribution is -0.150. The first-order valence-electron chi connectivity index (χ1n) is 21.7. The highest BCUT2D eigenvalue weighted by Gasteiger charge is 2.35. The summed E-state index contributed by atoms with van der Waals surface area (Å²) in [5, 5.41) is 14.7. The number of benzene rings is 4. The summed E-state index contributed by atoms with van der Waals surface area (Å²) in [6.07, 6.45) is 2.14. The number of hydrogen-bond donors (Lipinski definition) is 7. The van der Waals surface area contributed by atoms with E-state index in [1.54, 1.807) is 67.7 Å². The molecule has 1 aromatic heterocycles. The van der Waals surface area contributed by atoms with Crippen molar-refractivity contribution < 1.29 is 38.3 Å². The van der Waals surface area contributed by atoms with Gasteiger partial charge in [-0.15, -0.1) is 0 Å². The lowest BCUT2D eigenvalue weighted by Gasteiger charge is -2.31. The highest BCUT2D eigenvalue weighted by atomic mass is 16.5. The van der Waals surface area contributed by atoms with Crippen molar-refractivity contribution in [1.29, 1.82) is 0 Å². The van der Waals surface area contributed by atoms with Gasteiger partial charge in [0.1, 0.15) is 30.8 Å². The maximum atomic E-state index is 14.5. The molecule has 0 saturated heterocycles. The first-order chi connectivity index (χ1) is 31.3. The number of aryl methyl sites for hydroxylation is 1. The Bertz CT molecular complexity index is 2410. The molecule has 4 atom stereocenters. The second-order valence-electron chi connectivity index (χ2n) is 15.8. The first kappa shape index (κ1) is 48.5. The topological polar surface area (TPSA) is 234 Å². The van der Waals surface area contributed by atoms with Crippen LogP contribution in [0.25, 0.3) is 10.9 Å². The molecule has 1 heterocycles. The molecule has 0 aliphatic heterocycles. The molecule has 5 aromatic rings. The molecule has 0 saturated carbocycles. The lowest BCUT2D eigenvalue weighted by Crippen LogP contribution is -2.59. The van der Waals surface area contributed by atoms with Crippen LogP contribution in [-0.4, -0.2) is 89.2 Å². The first-order valence-corrected chi connectivity index (χ1v) is 21.7. The number of primary amides is 1. The number of fused-ring (bicyclic) bond motifs is 1. The number of esters is 1. The minimum Gasteiger partial charge on any atom is -0.461 e. The second kappa shape index (κ2) is 24.4. The number of ether oxygens (including phenoxy) is 1. The molecular formula is C49H58N8O8. The molecular weight excluding hydrogens is 829 g/mol. The van der Waals surface area contributed by atoms with E-state index >= 15 is 0 Å². The van der Waals surface area contributed by atoms with E-state index in [0.717, 1.165) is 32.5 Å². The van der Waals surface area contributed by atoms with Crippen LogP contribution in [0.5, 0.6) is 0 Å². The third-order valence-electron chi connectivity index (χ3n) is 10.9. The zero-order valence-corrected chi connectivity index (χ0v) is 36.9. The van der Waals surface area contributed by atoms with Crippen molar-refractivity contribution in [3.05, 3.63) is 138 Å². The number of aromatic nitrogens is 1. The normalized spacial score (nSPS) is 12.7. The Balaban J connectivity index is 1.37. The van der Waals surface area contributed by atoms with Crippen molar-refractivity contribution in [2.24, 2.45) is 5.73 Å². The van der Waals surface area contributed by atoms with Crippen LogP contribution in [0, 0.1) is 6.92 Å².